The Labute approximate surface area is 138 Å². The van der Waals surface area contributed by atoms with Gasteiger partial charge in [-0.2, -0.15) is 0 Å². The zero-order valence-corrected chi connectivity index (χ0v) is 13.2. The summed E-state index contributed by atoms with van der Waals surface area (Å²) >= 11 is 1.38. The van der Waals surface area contributed by atoms with Crippen molar-refractivity contribution in [3.8, 4) is 11.3 Å². The van der Waals surface area contributed by atoms with Gasteiger partial charge in [-0.25, -0.2) is 4.98 Å². The second-order valence-corrected chi connectivity index (χ2v) is 5.92. The summed E-state index contributed by atoms with van der Waals surface area (Å²) in [4.78, 5) is 20.6. The third kappa shape index (κ3) is 4.00. The van der Waals surface area contributed by atoms with Crippen LogP contribution in [0.25, 0.3) is 11.3 Å². The van der Waals surface area contributed by atoms with Crippen molar-refractivity contribution in [2.75, 3.05) is 5.32 Å². The highest BCUT2D eigenvalue weighted by molar-refractivity contribution is 7.14. The van der Waals surface area contributed by atoms with Gasteiger partial charge in [0.15, 0.2) is 5.13 Å². The molecule has 1 aromatic carbocycles. The van der Waals surface area contributed by atoms with E-state index in [0.717, 1.165) is 16.8 Å². The summed E-state index contributed by atoms with van der Waals surface area (Å²) in [6, 6.07) is 12.9. The van der Waals surface area contributed by atoms with Gasteiger partial charge in [-0.1, -0.05) is 30.3 Å². The summed E-state index contributed by atoms with van der Waals surface area (Å²) in [5.41, 5.74) is 8.78. The lowest BCUT2D eigenvalue weighted by Gasteiger charge is -2.10. The van der Waals surface area contributed by atoms with Crippen molar-refractivity contribution in [1.29, 1.82) is 0 Å². The predicted octanol–water partition coefficient (Wildman–Crippen LogP) is 2.71. The first kappa shape index (κ1) is 15.3. The molecule has 23 heavy (non-hydrogen) atoms. The maximum Gasteiger partial charge on any atom is 0.243 e. The summed E-state index contributed by atoms with van der Waals surface area (Å²) in [5.74, 6) is -0.232. The van der Waals surface area contributed by atoms with E-state index in [4.69, 9.17) is 5.73 Å². The van der Waals surface area contributed by atoms with Gasteiger partial charge in [-0.05, 0) is 24.1 Å². The molecule has 116 valence electrons. The molecule has 1 amide bonds. The lowest BCUT2D eigenvalue weighted by Crippen LogP contribution is -2.37. The molecule has 2 heterocycles. The molecule has 1 atom stereocenters. The average molecular weight is 324 g/mol. The number of nitrogens with one attached hydrogen (secondary N) is 1. The Morgan fingerprint density at radius 1 is 1.17 bits per heavy atom. The molecule has 5 nitrogen and oxygen atoms in total. The van der Waals surface area contributed by atoms with Crippen LogP contribution in [0.1, 0.15) is 5.56 Å². The topological polar surface area (TPSA) is 80.9 Å². The maximum absolute atomic E-state index is 12.2. The fourth-order valence-electron chi connectivity index (χ4n) is 2.15. The van der Waals surface area contributed by atoms with E-state index in [9.17, 15) is 4.79 Å². The third-order valence-corrected chi connectivity index (χ3v) is 4.10. The SMILES string of the molecule is N[C@@H](Cc1ccccc1)C(=O)Nc1nc(-c2ccncc2)cs1. The molecule has 0 saturated carbocycles. The van der Waals surface area contributed by atoms with Gasteiger partial charge < -0.3 is 11.1 Å². The van der Waals surface area contributed by atoms with Crippen molar-refractivity contribution in [1.82, 2.24) is 9.97 Å². The van der Waals surface area contributed by atoms with Crippen LogP contribution < -0.4 is 11.1 Å². The largest absolute Gasteiger partial charge is 0.320 e. The van der Waals surface area contributed by atoms with Crippen molar-refractivity contribution in [3.63, 3.8) is 0 Å². The van der Waals surface area contributed by atoms with Gasteiger partial charge in [0.2, 0.25) is 5.91 Å². The molecule has 3 aromatic rings. The maximum atomic E-state index is 12.2. The molecular weight excluding hydrogens is 308 g/mol. The van der Waals surface area contributed by atoms with E-state index in [1.54, 1.807) is 12.4 Å². The number of pyridine rings is 1. The van der Waals surface area contributed by atoms with Gasteiger partial charge in [-0.15, -0.1) is 11.3 Å². The molecule has 0 radical (unpaired) electrons. The normalized spacial score (nSPS) is 11.9. The highest BCUT2D eigenvalue weighted by Crippen LogP contribution is 2.24. The van der Waals surface area contributed by atoms with E-state index in [1.807, 2.05) is 47.8 Å². The fourth-order valence-corrected chi connectivity index (χ4v) is 2.87. The second kappa shape index (κ2) is 7.13. The quantitative estimate of drug-likeness (QED) is 0.756. The number of rotatable bonds is 5. The predicted molar refractivity (Wildman–Crippen MR) is 92.1 cm³/mol. The Morgan fingerprint density at radius 2 is 1.91 bits per heavy atom. The highest BCUT2D eigenvalue weighted by atomic mass is 32.1. The van der Waals surface area contributed by atoms with E-state index in [-0.39, 0.29) is 5.91 Å². The lowest BCUT2D eigenvalue weighted by atomic mass is 10.1. The van der Waals surface area contributed by atoms with Crippen molar-refractivity contribution in [3.05, 3.63) is 65.8 Å². The molecule has 0 aliphatic carbocycles. The summed E-state index contributed by atoms with van der Waals surface area (Å²) in [5, 5.41) is 5.22. The minimum Gasteiger partial charge on any atom is -0.320 e. The Balaban J connectivity index is 1.63. The van der Waals surface area contributed by atoms with Gasteiger partial charge in [0.05, 0.1) is 11.7 Å². The number of aromatic nitrogens is 2. The van der Waals surface area contributed by atoms with Crippen LogP contribution in [-0.4, -0.2) is 21.9 Å². The van der Waals surface area contributed by atoms with Crippen LogP contribution in [0.5, 0.6) is 0 Å². The van der Waals surface area contributed by atoms with E-state index in [2.05, 4.69) is 15.3 Å². The Kier molecular flexibility index (Phi) is 4.75. The van der Waals surface area contributed by atoms with Crippen molar-refractivity contribution >= 4 is 22.4 Å². The molecule has 0 spiro atoms. The van der Waals surface area contributed by atoms with Crippen LogP contribution >= 0.6 is 11.3 Å². The highest BCUT2D eigenvalue weighted by Gasteiger charge is 2.16. The first-order valence-electron chi connectivity index (χ1n) is 7.18. The van der Waals surface area contributed by atoms with Gasteiger partial charge in [0.1, 0.15) is 0 Å². The number of benzene rings is 1. The van der Waals surface area contributed by atoms with E-state index < -0.39 is 6.04 Å². The average Bonchev–Trinajstić information content (AvgIpc) is 3.05. The van der Waals surface area contributed by atoms with Gasteiger partial charge >= 0.3 is 0 Å². The summed E-state index contributed by atoms with van der Waals surface area (Å²) < 4.78 is 0. The monoisotopic (exact) mass is 324 g/mol. The van der Waals surface area contributed by atoms with E-state index in [0.29, 0.717) is 11.6 Å². The first-order chi connectivity index (χ1) is 11.2. The minimum atomic E-state index is -0.606. The number of nitrogens with zero attached hydrogens (tertiary/aromatic N) is 2. The summed E-state index contributed by atoms with van der Waals surface area (Å²) in [6.07, 6.45) is 3.92. The molecule has 6 heteroatoms. The van der Waals surface area contributed by atoms with Gasteiger partial charge in [-0.3, -0.25) is 9.78 Å². The molecular formula is C17H16N4OS. The Bertz CT molecular complexity index is 774. The molecule has 0 fully saturated rings. The number of thiazole rings is 1. The second-order valence-electron chi connectivity index (χ2n) is 5.06. The van der Waals surface area contributed by atoms with Gasteiger partial charge in [0, 0.05) is 23.3 Å². The fraction of sp³-hybridized carbons (Fsp3) is 0.118. The number of anilines is 1. The zero-order valence-electron chi connectivity index (χ0n) is 12.3. The Hall–Kier alpha value is -2.57. The number of carbonyl (C=O) groups is 1. The smallest absolute Gasteiger partial charge is 0.243 e. The van der Waals surface area contributed by atoms with Crippen LogP contribution in [-0.2, 0) is 11.2 Å². The van der Waals surface area contributed by atoms with Crippen LogP contribution in [0.3, 0.4) is 0 Å². The number of hydrogen-bond donors (Lipinski definition) is 2. The minimum absolute atomic E-state index is 0.232. The molecule has 3 N–H and O–H groups in total. The van der Waals surface area contributed by atoms with Crippen molar-refractivity contribution in [2.45, 2.75) is 12.5 Å². The zero-order chi connectivity index (χ0) is 16.1. The number of amides is 1. The summed E-state index contributed by atoms with van der Waals surface area (Å²) in [7, 11) is 0. The Morgan fingerprint density at radius 3 is 2.65 bits per heavy atom. The van der Waals surface area contributed by atoms with E-state index in [1.165, 1.54) is 11.3 Å². The first-order valence-corrected chi connectivity index (χ1v) is 8.06. The number of carbonyl (C=O) groups excluding carboxylic acids is 1. The number of nitrogens with two attached hydrogens (primary N) is 1. The van der Waals surface area contributed by atoms with Crippen molar-refractivity contribution in [2.24, 2.45) is 5.73 Å². The lowest BCUT2D eigenvalue weighted by molar-refractivity contribution is -0.117. The van der Waals surface area contributed by atoms with Crippen LogP contribution in [0.15, 0.2) is 60.2 Å². The van der Waals surface area contributed by atoms with Crippen LogP contribution in [0.4, 0.5) is 5.13 Å². The van der Waals surface area contributed by atoms with Gasteiger partial charge in [0.25, 0.3) is 0 Å². The molecule has 0 unspecified atom stereocenters. The molecule has 0 bridgehead atoms. The van der Waals surface area contributed by atoms with Crippen LogP contribution in [0, 0.1) is 0 Å². The molecule has 2 aromatic heterocycles. The molecule has 3 rings (SSSR count). The standard InChI is InChI=1S/C17H16N4OS/c18-14(10-12-4-2-1-3-5-12)16(22)21-17-20-15(11-23-17)13-6-8-19-9-7-13/h1-9,11,14H,10,18H2,(H,20,21,22)/t14-/m0/s1. The summed E-state index contributed by atoms with van der Waals surface area (Å²) in [6.45, 7) is 0. The van der Waals surface area contributed by atoms with Crippen LogP contribution in [0.2, 0.25) is 0 Å². The van der Waals surface area contributed by atoms with Crippen molar-refractivity contribution < 1.29 is 4.79 Å². The molecule has 0 saturated heterocycles. The molecule has 0 aliphatic rings. The van der Waals surface area contributed by atoms with E-state index >= 15 is 0 Å². The number of hydrogen-bond acceptors (Lipinski definition) is 5. The third-order valence-electron chi connectivity index (χ3n) is 3.35. The molecule has 0 aliphatic heterocycles.